The summed E-state index contributed by atoms with van der Waals surface area (Å²) in [6, 6.07) is 9.16. The van der Waals surface area contributed by atoms with Gasteiger partial charge < -0.3 is 20.3 Å². The Kier molecular flexibility index (Phi) is 9.79. The minimum atomic E-state index is -2.83. The summed E-state index contributed by atoms with van der Waals surface area (Å²) in [5.41, 5.74) is 2.89. The number of aryl methyl sites for hydroxylation is 3. The molecular formula is C21H31F2IN6O. The van der Waals surface area contributed by atoms with Crippen molar-refractivity contribution in [2.75, 3.05) is 31.6 Å². The van der Waals surface area contributed by atoms with Crippen molar-refractivity contribution >= 4 is 35.6 Å². The molecule has 31 heavy (non-hydrogen) atoms. The fraction of sp³-hybridized carbons (Fsp3) is 0.524. The maximum Gasteiger partial charge on any atom is 0.387 e. The summed E-state index contributed by atoms with van der Waals surface area (Å²) in [6.45, 7) is 4.30. The number of halogens is 3. The van der Waals surface area contributed by atoms with Crippen LogP contribution in [0.25, 0.3) is 0 Å². The summed E-state index contributed by atoms with van der Waals surface area (Å²) < 4.78 is 32.0. The van der Waals surface area contributed by atoms with Crippen molar-refractivity contribution in [1.82, 2.24) is 20.4 Å². The van der Waals surface area contributed by atoms with Crippen molar-refractivity contribution in [2.45, 2.75) is 45.9 Å². The maximum absolute atomic E-state index is 12.7. The van der Waals surface area contributed by atoms with Crippen molar-refractivity contribution < 1.29 is 13.5 Å². The number of nitrogens with one attached hydrogen (secondary N) is 2. The fourth-order valence-corrected chi connectivity index (χ4v) is 3.74. The van der Waals surface area contributed by atoms with E-state index in [2.05, 4.69) is 43.4 Å². The van der Waals surface area contributed by atoms with E-state index in [0.29, 0.717) is 12.2 Å². The highest BCUT2D eigenvalue weighted by atomic mass is 127. The smallest absolute Gasteiger partial charge is 0.387 e. The van der Waals surface area contributed by atoms with Crippen LogP contribution in [0.2, 0.25) is 0 Å². The zero-order valence-corrected chi connectivity index (χ0v) is 20.5. The Labute approximate surface area is 199 Å². The number of benzene rings is 1. The van der Waals surface area contributed by atoms with E-state index < -0.39 is 6.61 Å². The van der Waals surface area contributed by atoms with Gasteiger partial charge in [0.25, 0.3) is 0 Å². The van der Waals surface area contributed by atoms with Gasteiger partial charge in [-0.05, 0) is 44.9 Å². The zero-order valence-electron chi connectivity index (χ0n) is 18.1. The topological polar surface area (TPSA) is 66.7 Å². The molecule has 10 heteroatoms. The van der Waals surface area contributed by atoms with E-state index in [0.717, 1.165) is 49.8 Å². The Morgan fingerprint density at radius 1 is 1.32 bits per heavy atom. The SMILES string of the molecule is CN=C(NCCCn1nc(C)cc1C)NC1CCN(c2ccccc2OC(F)F)C1.I. The molecule has 0 spiro atoms. The molecule has 1 atom stereocenters. The second-order valence-corrected chi connectivity index (χ2v) is 7.42. The van der Waals surface area contributed by atoms with Gasteiger partial charge in [0.1, 0.15) is 5.75 Å². The van der Waals surface area contributed by atoms with Gasteiger partial charge in [0, 0.05) is 45.0 Å². The number of para-hydroxylation sites is 2. The highest BCUT2D eigenvalue weighted by Gasteiger charge is 2.26. The molecule has 3 rings (SSSR count). The van der Waals surface area contributed by atoms with Crippen molar-refractivity contribution in [1.29, 1.82) is 0 Å². The number of alkyl halides is 2. The molecule has 0 bridgehead atoms. The molecule has 1 aliphatic heterocycles. The molecular weight excluding hydrogens is 517 g/mol. The van der Waals surface area contributed by atoms with Gasteiger partial charge in [0.05, 0.1) is 11.4 Å². The zero-order chi connectivity index (χ0) is 21.5. The van der Waals surface area contributed by atoms with Gasteiger partial charge in [0.15, 0.2) is 5.96 Å². The maximum atomic E-state index is 12.7. The molecule has 2 aromatic rings. The summed E-state index contributed by atoms with van der Waals surface area (Å²) >= 11 is 0. The minimum Gasteiger partial charge on any atom is -0.433 e. The normalized spacial score (nSPS) is 16.4. The predicted octanol–water partition coefficient (Wildman–Crippen LogP) is 3.55. The van der Waals surface area contributed by atoms with Crippen molar-refractivity contribution in [3.05, 3.63) is 41.7 Å². The van der Waals surface area contributed by atoms with Crippen LogP contribution in [-0.4, -0.2) is 55.1 Å². The molecule has 7 nitrogen and oxygen atoms in total. The molecule has 0 aliphatic carbocycles. The third kappa shape index (κ3) is 7.22. The molecule has 1 saturated heterocycles. The van der Waals surface area contributed by atoms with Crippen LogP contribution >= 0.6 is 24.0 Å². The summed E-state index contributed by atoms with van der Waals surface area (Å²) in [5, 5.41) is 11.2. The first-order chi connectivity index (χ1) is 14.5. The number of guanidine groups is 1. The van der Waals surface area contributed by atoms with E-state index in [9.17, 15) is 8.78 Å². The van der Waals surface area contributed by atoms with Crippen LogP contribution in [0.1, 0.15) is 24.2 Å². The lowest BCUT2D eigenvalue weighted by Gasteiger charge is -2.22. The van der Waals surface area contributed by atoms with Crippen LogP contribution in [0.5, 0.6) is 5.75 Å². The molecule has 2 N–H and O–H groups in total. The number of hydrogen-bond acceptors (Lipinski definition) is 4. The first-order valence-electron chi connectivity index (χ1n) is 10.2. The first-order valence-corrected chi connectivity index (χ1v) is 10.2. The van der Waals surface area contributed by atoms with Crippen LogP contribution in [0.15, 0.2) is 35.3 Å². The number of aromatic nitrogens is 2. The van der Waals surface area contributed by atoms with Gasteiger partial charge in [-0.25, -0.2) is 0 Å². The molecule has 1 aliphatic rings. The van der Waals surface area contributed by atoms with Gasteiger partial charge in [-0.2, -0.15) is 13.9 Å². The lowest BCUT2D eigenvalue weighted by molar-refractivity contribution is -0.0495. The van der Waals surface area contributed by atoms with E-state index in [-0.39, 0.29) is 35.8 Å². The first kappa shape index (κ1) is 25.2. The Morgan fingerprint density at radius 2 is 2.10 bits per heavy atom. The molecule has 1 aromatic heterocycles. The van der Waals surface area contributed by atoms with Crippen LogP contribution in [0.3, 0.4) is 0 Å². The molecule has 172 valence electrons. The van der Waals surface area contributed by atoms with Gasteiger partial charge in [-0.3, -0.25) is 9.67 Å². The van der Waals surface area contributed by atoms with E-state index in [1.165, 1.54) is 0 Å². The fourth-order valence-electron chi connectivity index (χ4n) is 3.74. The van der Waals surface area contributed by atoms with E-state index >= 15 is 0 Å². The Balaban J connectivity index is 0.00000341. The monoisotopic (exact) mass is 548 g/mol. The third-order valence-corrected chi connectivity index (χ3v) is 5.12. The Hall–Kier alpha value is -2.11. The van der Waals surface area contributed by atoms with Crippen LogP contribution in [0, 0.1) is 13.8 Å². The van der Waals surface area contributed by atoms with Crippen molar-refractivity contribution in [2.24, 2.45) is 4.99 Å². The number of hydrogen-bond donors (Lipinski definition) is 2. The average molecular weight is 548 g/mol. The van der Waals surface area contributed by atoms with Crippen LogP contribution in [0.4, 0.5) is 14.5 Å². The highest BCUT2D eigenvalue weighted by molar-refractivity contribution is 14.0. The molecule has 0 amide bonds. The molecule has 2 heterocycles. The van der Waals surface area contributed by atoms with Gasteiger partial charge in [-0.15, -0.1) is 24.0 Å². The number of aliphatic imine (C=N–C) groups is 1. The van der Waals surface area contributed by atoms with Crippen LogP contribution in [-0.2, 0) is 6.54 Å². The van der Waals surface area contributed by atoms with Crippen molar-refractivity contribution in [3.8, 4) is 5.75 Å². The largest absolute Gasteiger partial charge is 0.433 e. The Morgan fingerprint density at radius 3 is 2.77 bits per heavy atom. The molecule has 1 aromatic carbocycles. The average Bonchev–Trinajstić information content (AvgIpc) is 3.30. The molecule has 0 radical (unpaired) electrons. The molecule has 1 fully saturated rings. The highest BCUT2D eigenvalue weighted by Crippen LogP contribution is 2.31. The lowest BCUT2D eigenvalue weighted by atomic mass is 10.2. The number of ether oxygens (including phenoxy) is 1. The molecule has 1 unspecified atom stereocenters. The van der Waals surface area contributed by atoms with E-state index in [1.807, 2.05) is 23.7 Å². The number of rotatable bonds is 8. The quantitative estimate of drug-likeness (QED) is 0.229. The number of anilines is 1. The van der Waals surface area contributed by atoms with Gasteiger partial charge >= 0.3 is 6.61 Å². The number of nitrogens with zero attached hydrogens (tertiary/aromatic N) is 4. The van der Waals surface area contributed by atoms with Gasteiger partial charge in [0.2, 0.25) is 0 Å². The third-order valence-electron chi connectivity index (χ3n) is 5.12. The summed E-state index contributed by atoms with van der Waals surface area (Å²) in [4.78, 5) is 6.36. The lowest BCUT2D eigenvalue weighted by Crippen LogP contribution is -2.45. The minimum absolute atomic E-state index is 0. The standard InChI is InChI=1S/C21H30F2N6O.HI/c1-15-13-16(2)29(27-15)11-6-10-25-21(24-3)26-17-9-12-28(14-17)18-7-4-5-8-19(18)30-20(22)23;/h4-5,7-8,13,17,20H,6,9-12,14H2,1-3H3,(H2,24,25,26);1H. The summed E-state index contributed by atoms with van der Waals surface area (Å²) in [7, 11) is 1.74. The van der Waals surface area contributed by atoms with E-state index in [1.54, 1.807) is 19.2 Å². The van der Waals surface area contributed by atoms with Gasteiger partial charge in [-0.1, -0.05) is 12.1 Å². The van der Waals surface area contributed by atoms with E-state index in [4.69, 9.17) is 0 Å². The summed E-state index contributed by atoms with van der Waals surface area (Å²) in [6.07, 6.45) is 1.81. The molecule has 0 saturated carbocycles. The second-order valence-electron chi connectivity index (χ2n) is 7.42. The van der Waals surface area contributed by atoms with Crippen LogP contribution < -0.4 is 20.3 Å². The summed E-state index contributed by atoms with van der Waals surface area (Å²) in [5.74, 6) is 0.951. The predicted molar refractivity (Wildman–Crippen MR) is 130 cm³/mol. The second kappa shape index (κ2) is 12.1. The Bertz CT molecular complexity index is 860. The van der Waals surface area contributed by atoms with Crippen molar-refractivity contribution in [3.63, 3.8) is 0 Å².